The van der Waals surface area contributed by atoms with Crippen molar-refractivity contribution in [3.05, 3.63) is 64.4 Å². The number of para-hydroxylation sites is 1. The molecular weight excluding hydrogens is 483 g/mol. The Morgan fingerprint density at radius 1 is 1.06 bits per heavy atom. The number of thiazole rings is 1. The number of anilines is 2. The van der Waals surface area contributed by atoms with E-state index >= 15 is 0 Å². The van der Waals surface area contributed by atoms with Gasteiger partial charge in [0.2, 0.25) is 12.7 Å². The van der Waals surface area contributed by atoms with Gasteiger partial charge in [-0.1, -0.05) is 12.1 Å². The summed E-state index contributed by atoms with van der Waals surface area (Å²) in [7, 11) is 0. The summed E-state index contributed by atoms with van der Waals surface area (Å²) in [6, 6.07) is 11.8. The molecule has 1 fully saturated rings. The quantitative estimate of drug-likeness (QED) is 0.573. The second kappa shape index (κ2) is 9.42. The van der Waals surface area contributed by atoms with Crippen molar-refractivity contribution >= 4 is 34.0 Å². The Bertz CT molecular complexity index is 1320. The van der Waals surface area contributed by atoms with Crippen molar-refractivity contribution in [3.63, 3.8) is 0 Å². The van der Waals surface area contributed by atoms with Gasteiger partial charge in [-0.25, -0.2) is 9.37 Å². The van der Waals surface area contributed by atoms with Gasteiger partial charge < -0.3 is 19.3 Å². The van der Waals surface area contributed by atoms with Gasteiger partial charge in [0.1, 0.15) is 5.82 Å². The summed E-state index contributed by atoms with van der Waals surface area (Å²) in [5.41, 5.74) is 1.80. The molecule has 0 bridgehead atoms. The van der Waals surface area contributed by atoms with Crippen LogP contribution in [0.2, 0.25) is 0 Å². The van der Waals surface area contributed by atoms with Crippen LogP contribution in [-0.2, 0) is 11.2 Å². The van der Waals surface area contributed by atoms with E-state index < -0.39 is 0 Å². The van der Waals surface area contributed by atoms with Crippen molar-refractivity contribution in [3.8, 4) is 11.5 Å². The smallest absolute Gasteiger partial charge is 0.257 e. The first kappa shape index (κ1) is 22.8. The Balaban J connectivity index is 1.13. The normalized spacial score (nSPS) is 18.6. The van der Waals surface area contributed by atoms with E-state index in [-0.39, 0.29) is 30.3 Å². The second-order valence-corrected chi connectivity index (χ2v) is 10.1. The number of hydrogen-bond acceptors (Lipinski definition) is 7. The number of ether oxygens (including phenoxy) is 2. The molecule has 0 saturated carbocycles. The van der Waals surface area contributed by atoms with E-state index in [0.717, 1.165) is 29.8 Å². The monoisotopic (exact) mass is 508 g/mol. The molecule has 2 aromatic carbocycles. The lowest BCUT2D eigenvalue weighted by molar-refractivity contribution is -0.133. The van der Waals surface area contributed by atoms with Crippen molar-refractivity contribution in [2.45, 2.75) is 25.2 Å². The zero-order chi connectivity index (χ0) is 24.6. The van der Waals surface area contributed by atoms with Crippen LogP contribution in [-0.4, -0.2) is 54.7 Å². The number of carbonyl (C=O) groups excluding carboxylic acids is 2. The molecule has 8 nitrogen and oxygen atoms in total. The Kier molecular flexibility index (Phi) is 5.96. The fourth-order valence-corrected chi connectivity index (χ4v) is 6.08. The molecule has 1 unspecified atom stereocenters. The molecule has 3 aliphatic rings. The van der Waals surface area contributed by atoms with Gasteiger partial charge >= 0.3 is 0 Å². The average Bonchev–Trinajstić information content (AvgIpc) is 3.54. The summed E-state index contributed by atoms with van der Waals surface area (Å²) < 4.78 is 24.8. The molecule has 3 aromatic rings. The van der Waals surface area contributed by atoms with Crippen LogP contribution < -0.4 is 19.7 Å². The Morgan fingerprint density at radius 2 is 1.86 bits per heavy atom. The molecule has 10 heteroatoms. The Labute approximate surface area is 211 Å². The number of fused-ring (bicyclic) bond motifs is 2. The van der Waals surface area contributed by atoms with Crippen LogP contribution >= 0.6 is 11.3 Å². The molecule has 0 spiro atoms. The first-order valence-corrected chi connectivity index (χ1v) is 12.9. The lowest BCUT2D eigenvalue weighted by atomic mass is 9.89. The summed E-state index contributed by atoms with van der Waals surface area (Å²) in [5.74, 6) is 0.372. The van der Waals surface area contributed by atoms with Gasteiger partial charge in [-0.05, 0) is 49.6 Å². The van der Waals surface area contributed by atoms with Crippen molar-refractivity contribution in [1.82, 2.24) is 9.88 Å². The average molecular weight is 509 g/mol. The molecule has 1 N–H and O–H groups in total. The van der Waals surface area contributed by atoms with Crippen LogP contribution in [0.25, 0.3) is 0 Å². The van der Waals surface area contributed by atoms with Gasteiger partial charge in [0.15, 0.2) is 16.6 Å². The first-order valence-electron chi connectivity index (χ1n) is 12.1. The van der Waals surface area contributed by atoms with E-state index in [1.807, 2.05) is 15.9 Å². The minimum Gasteiger partial charge on any atom is -0.454 e. The van der Waals surface area contributed by atoms with Crippen molar-refractivity contribution < 1.29 is 23.5 Å². The minimum atomic E-state index is -0.318. The number of rotatable bonds is 4. The highest BCUT2D eigenvalue weighted by Crippen LogP contribution is 2.38. The number of amides is 2. The zero-order valence-electron chi connectivity index (χ0n) is 19.5. The molecule has 0 radical (unpaired) electrons. The highest BCUT2D eigenvalue weighted by molar-refractivity contribution is 7.16. The van der Waals surface area contributed by atoms with E-state index in [1.54, 1.807) is 30.3 Å². The van der Waals surface area contributed by atoms with Gasteiger partial charge in [0.25, 0.3) is 5.91 Å². The lowest BCUT2D eigenvalue weighted by Crippen LogP contribution is -2.50. The van der Waals surface area contributed by atoms with Crippen molar-refractivity contribution in [2.75, 3.05) is 43.2 Å². The highest BCUT2D eigenvalue weighted by Gasteiger charge is 2.35. The Morgan fingerprint density at radius 3 is 2.69 bits per heavy atom. The molecule has 6 rings (SSSR count). The maximum Gasteiger partial charge on any atom is 0.257 e. The third kappa shape index (κ3) is 4.26. The second-order valence-electron chi connectivity index (χ2n) is 9.06. The molecule has 1 aromatic heterocycles. The largest absolute Gasteiger partial charge is 0.454 e. The van der Waals surface area contributed by atoms with Gasteiger partial charge in [-0.2, -0.15) is 0 Å². The zero-order valence-corrected chi connectivity index (χ0v) is 20.4. The fourth-order valence-electron chi connectivity index (χ4n) is 5.02. The van der Waals surface area contributed by atoms with Crippen LogP contribution in [0, 0.1) is 5.82 Å². The number of hydrogen-bond donors (Lipinski definition) is 1. The van der Waals surface area contributed by atoms with Crippen molar-refractivity contribution in [1.29, 1.82) is 0 Å². The van der Waals surface area contributed by atoms with Crippen LogP contribution in [0.4, 0.5) is 15.2 Å². The Hall–Kier alpha value is -3.66. The van der Waals surface area contributed by atoms with Gasteiger partial charge in [0.05, 0.1) is 17.3 Å². The lowest BCUT2D eigenvalue weighted by Gasteiger charge is -2.38. The molecular formula is C26H25FN4O4S. The van der Waals surface area contributed by atoms with Crippen LogP contribution in [0.1, 0.15) is 39.7 Å². The molecule has 1 saturated heterocycles. The number of carbonyl (C=O) groups is 2. The number of benzene rings is 2. The number of halogens is 1. The van der Waals surface area contributed by atoms with Gasteiger partial charge in [0, 0.05) is 36.6 Å². The van der Waals surface area contributed by atoms with E-state index in [4.69, 9.17) is 9.47 Å². The maximum absolute atomic E-state index is 14.2. The number of aromatic nitrogens is 1. The summed E-state index contributed by atoms with van der Waals surface area (Å²) in [6.45, 7) is 2.39. The minimum absolute atomic E-state index is 0.0584. The van der Waals surface area contributed by atoms with Crippen molar-refractivity contribution in [2.24, 2.45) is 0 Å². The molecule has 1 aliphatic carbocycles. The molecule has 2 amide bonds. The molecule has 36 heavy (non-hydrogen) atoms. The summed E-state index contributed by atoms with van der Waals surface area (Å²) in [6.07, 6.45) is 2.48. The fraction of sp³-hybridized carbons (Fsp3) is 0.346. The number of nitrogens with one attached hydrogen (secondary N) is 1. The maximum atomic E-state index is 14.2. The number of aryl methyl sites for hydroxylation is 1. The summed E-state index contributed by atoms with van der Waals surface area (Å²) >= 11 is 1.43. The predicted molar refractivity (Wildman–Crippen MR) is 134 cm³/mol. The van der Waals surface area contributed by atoms with Crippen LogP contribution in [0.15, 0.2) is 42.5 Å². The third-order valence-corrected chi connectivity index (χ3v) is 7.94. The highest BCUT2D eigenvalue weighted by atomic mass is 32.1. The van der Waals surface area contributed by atoms with Crippen LogP contribution in [0.3, 0.4) is 0 Å². The number of nitrogens with zero attached hydrogens (tertiary/aromatic N) is 3. The molecule has 186 valence electrons. The van der Waals surface area contributed by atoms with Gasteiger partial charge in [-0.3, -0.25) is 14.9 Å². The van der Waals surface area contributed by atoms with E-state index in [2.05, 4.69) is 10.3 Å². The molecule has 3 heterocycles. The predicted octanol–water partition coefficient (Wildman–Crippen LogP) is 4.03. The van der Waals surface area contributed by atoms with E-state index in [9.17, 15) is 14.0 Å². The van der Waals surface area contributed by atoms with E-state index in [0.29, 0.717) is 54.1 Å². The molecule has 1 atom stereocenters. The first-order chi connectivity index (χ1) is 17.6. The standard InChI is InChI=1S/C26H25FN4O4S/c27-18-5-1-2-6-19(18)30-10-12-31(13-11-30)25(33)17-4-3-7-22-23(17)28-26(36-22)29-24(32)16-8-9-20-21(14-16)35-15-34-20/h1-2,5-6,8-9,14,17H,3-4,7,10-13,15H2,(H,28,29,32). The third-order valence-electron chi connectivity index (χ3n) is 6.89. The SMILES string of the molecule is O=C(Nc1nc2c(s1)CCCC2C(=O)N1CCN(c2ccccc2F)CC1)c1ccc2c(c1)OCO2. The van der Waals surface area contributed by atoms with Crippen LogP contribution in [0.5, 0.6) is 11.5 Å². The van der Waals surface area contributed by atoms with Gasteiger partial charge in [-0.15, -0.1) is 11.3 Å². The number of piperazine rings is 1. The molecule has 2 aliphatic heterocycles. The summed E-state index contributed by atoms with van der Waals surface area (Å²) in [5, 5.41) is 3.37. The topological polar surface area (TPSA) is 84.0 Å². The summed E-state index contributed by atoms with van der Waals surface area (Å²) in [4.78, 5) is 35.9. The van der Waals surface area contributed by atoms with E-state index in [1.165, 1.54) is 17.4 Å².